The predicted molar refractivity (Wildman–Crippen MR) is 98.2 cm³/mol. The number of amides is 1. The number of oxime groups is 1. The van der Waals surface area contributed by atoms with Crippen molar-refractivity contribution in [1.29, 1.82) is 0 Å². The van der Waals surface area contributed by atoms with E-state index in [4.69, 9.17) is 37.5 Å². The number of rotatable bonds is 7. The summed E-state index contributed by atoms with van der Waals surface area (Å²) in [6, 6.07) is 10.1. The van der Waals surface area contributed by atoms with Gasteiger partial charge in [-0.3, -0.25) is 4.79 Å². The molecule has 1 amide bonds. The number of methoxy groups -OCH3 is 2. The SMILES string of the molecule is COc1cc(/C=N/OCC(=O)Nc2ccc(Cl)cc2)cc(Cl)c1OC. The molecule has 2 rings (SSSR count). The summed E-state index contributed by atoms with van der Waals surface area (Å²) in [7, 11) is 3.01. The summed E-state index contributed by atoms with van der Waals surface area (Å²) in [5, 5.41) is 7.37. The van der Waals surface area contributed by atoms with E-state index in [0.717, 1.165) is 0 Å². The molecule has 0 saturated carbocycles. The number of halogens is 2. The Kier molecular flexibility index (Phi) is 6.91. The minimum Gasteiger partial charge on any atom is -0.493 e. The number of nitrogens with one attached hydrogen (secondary N) is 1. The molecule has 25 heavy (non-hydrogen) atoms. The zero-order chi connectivity index (χ0) is 18.2. The van der Waals surface area contributed by atoms with Crippen LogP contribution in [-0.2, 0) is 9.63 Å². The molecule has 6 nitrogen and oxygen atoms in total. The van der Waals surface area contributed by atoms with Crippen molar-refractivity contribution in [2.75, 3.05) is 26.1 Å². The summed E-state index contributed by atoms with van der Waals surface area (Å²) in [6.45, 7) is -0.236. The summed E-state index contributed by atoms with van der Waals surface area (Å²) in [5.41, 5.74) is 1.26. The van der Waals surface area contributed by atoms with Crippen molar-refractivity contribution in [1.82, 2.24) is 0 Å². The van der Waals surface area contributed by atoms with E-state index in [1.54, 1.807) is 36.4 Å². The highest BCUT2D eigenvalue weighted by Crippen LogP contribution is 2.35. The van der Waals surface area contributed by atoms with Crippen LogP contribution < -0.4 is 14.8 Å². The molecular formula is C17H16Cl2N2O4. The molecule has 0 aromatic heterocycles. The van der Waals surface area contributed by atoms with Gasteiger partial charge in [-0.1, -0.05) is 28.4 Å². The predicted octanol–water partition coefficient (Wildman–Crippen LogP) is 4.00. The van der Waals surface area contributed by atoms with Crippen LogP contribution in [0, 0.1) is 0 Å². The number of nitrogens with zero attached hydrogens (tertiary/aromatic N) is 1. The highest BCUT2D eigenvalue weighted by molar-refractivity contribution is 6.32. The van der Waals surface area contributed by atoms with Crippen molar-refractivity contribution in [3.8, 4) is 11.5 Å². The maximum Gasteiger partial charge on any atom is 0.265 e. The van der Waals surface area contributed by atoms with Crippen molar-refractivity contribution >= 4 is 41.0 Å². The third kappa shape index (κ3) is 5.55. The summed E-state index contributed by atoms with van der Waals surface area (Å²) in [6.07, 6.45) is 1.42. The fourth-order valence-electron chi connectivity index (χ4n) is 1.94. The Balaban J connectivity index is 1.89. The molecule has 132 valence electrons. The first-order valence-electron chi connectivity index (χ1n) is 7.15. The molecule has 0 bridgehead atoms. The first kappa shape index (κ1) is 18.9. The van der Waals surface area contributed by atoms with E-state index in [1.807, 2.05) is 0 Å². The first-order valence-corrected chi connectivity index (χ1v) is 7.91. The van der Waals surface area contributed by atoms with E-state index in [9.17, 15) is 4.79 Å². The fraction of sp³-hybridized carbons (Fsp3) is 0.176. The first-order chi connectivity index (χ1) is 12.0. The molecule has 0 heterocycles. The number of hydrogen-bond donors (Lipinski definition) is 1. The van der Waals surface area contributed by atoms with Crippen LogP contribution in [0.25, 0.3) is 0 Å². The highest BCUT2D eigenvalue weighted by atomic mass is 35.5. The van der Waals surface area contributed by atoms with Crippen molar-refractivity contribution < 1.29 is 19.1 Å². The lowest BCUT2D eigenvalue weighted by molar-refractivity contribution is -0.120. The molecule has 0 aliphatic carbocycles. The molecule has 0 aliphatic rings. The standard InChI is InChI=1S/C17H16Cl2N2O4/c1-23-15-8-11(7-14(19)17(15)24-2)9-20-25-10-16(22)21-13-5-3-12(18)4-6-13/h3-9H,10H2,1-2H3,(H,21,22)/b20-9+. The van der Waals surface area contributed by atoms with Crippen LogP contribution in [0.2, 0.25) is 10.0 Å². The van der Waals surface area contributed by atoms with Crippen molar-refractivity contribution in [3.05, 3.63) is 52.0 Å². The van der Waals surface area contributed by atoms with Crippen molar-refractivity contribution in [2.45, 2.75) is 0 Å². The Morgan fingerprint density at radius 3 is 2.52 bits per heavy atom. The topological polar surface area (TPSA) is 69.2 Å². The van der Waals surface area contributed by atoms with E-state index in [0.29, 0.717) is 32.8 Å². The van der Waals surface area contributed by atoms with Gasteiger partial charge in [0.1, 0.15) is 0 Å². The Hall–Kier alpha value is -2.44. The largest absolute Gasteiger partial charge is 0.493 e. The molecule has 8 heteroatoms. The summed E-state index contributed by atoms with van der Waals surface area (Å²) < 4.78 is 10.3. The molecule has 0 spiro atoms. The van der Waals surface area contributed by atoms with Gasteiger partial charge in [-0.2, -0.15) is 0 Å². The maximum absolute atomic E-state index is 11.7. The van der Waals surface area contributed by atoms with Crippen LogP contribution in [-0.4, -0.2) is 32.9 Å². The maximum atomic E-state index is 11.7. The zero-order valence-corrected chi connectivity index (χ0v) is 15.1. The van der Waals surface area contributed by atoms with Crippen LogP contribution in [0.5, 0.6) is 11.5 Å². The minimum absolute atomic E-state index is 0.236. The second kappa shape index (κ2) is 9.15. The molecule has 0 atom stereocenters. The van der Waals surface area contributed by atoms with E-state index in [2.05, 4.69) is 10.5 Å². The molecule has 2 aromatic carbocycles. The second-order valence-electron chi connectivity index (χ2n) is 4.80. The number of ether oxygens (including phenoxy) is 2. The lowest BCUT2D eigenvalue weighted by Crippen LogP contribution is -2.16. The fourth-order valence-corrected chi connectivity index (χ4v) is 2.36. The summed E-state index contributed by atoms with van der Waals surface area (Å²) >= 11 is 11.9. The van der Waals surface area contributed by atoms with Gasteiger partial charge in [0, 0.05) is 16.3 Å². The smallest absolute Gasteiger partial charge is 0.265 e. The molecule has 0 unspecified atom stereocenters. The van der Waals surface area contributed by atoms with Gasteiger partial charge in [0.25, 0.3) is 5.91 Å². The van der Waals surface area contributed by atoms with Crippen molar-refractivity contribution in [3.63, 3.8) is 0 Å². The van der Waals surface area contributed by atoms with E-state index < -0.39 is 0 Å². The third-order valence-corrected chi connectivity index (χ3v) is 3.59. The van der Waals surface area contributed by atoms with E-state index >= 15 is 0 Å². The third-order valence-electron chi connectivity index (χ3n) is 3.06. The number of benzene rings is 2. The van der Waals surface area contributed by atoms with Crippen LogP contribution in [0.1, 0.15) is 5.56 Å². The Morgan fingerprint density at radius 2 is 1.88 bits per heavy atom. The molecule has 0 saturated heterocycles. The van der Waals surface area contributed by atoms with E-state index in [1.165, 1.54) is 20.4 Å². The van der Waals surface area contributed by atoms with Crippen LogP contribution in [0.15, 0.2) is 41.6 Å². The molecule has 0 radical (unpaired) electrons. The number of hydrogen-bond acceptors (Lipinski definition) is 5. The van der Waals surface area contributed by atoms with Gasteiger partial charge >= 0.3 is 0 Å². The van der Waals surface area contributed by atoms with Gasteiger partial charge in [-0.25, -0.2) is 0 Å². The molecular weight excluding hydrogens is 367 g/mol. The normalized spacial score (nSPS) is 10.6. The number of carbonyl (C=O) groups excluding carboxylic acids is 1. The van der Waals surface area contributed by atoms with E-state index in [-0.39, 0.29) is 12.5 Å². The molecule has 2 aromatic rings. The average molecular weight is 383 g/mol. The van der Waals surface area contributed by atoms with Gasteiger partial charge < -0.3 is 19.6 Å². The van der Waals surface area contributed by atoms with Crippen molar-refractivity contribution in [2.24, 2.45) is 5.16 Å². The monoisotopic (exact) mass is 382 g/mol. The van der Waals surface area contributed by atoms with Crippen LogP contribution in [0.4, 0.5) is 5.69 Å². The van der Waals surface area contributed by atoms with Crippen LogP contribution in [0.3, 0.4) is 0 Å². The average Bonchev–Trinajstić information content (AvgIpc) is 2.60. The minimum atomic E-state index is -0.343. The quantitative estimate of drug-likeness (QED) is 0.580. The Labute approximate surface area is 155 Å². The summed E-state index contributed by atoms with van der Waals surface area (Å²) in [5.74, 6) is 0.561. The molecule has 0 fully saturated rings. The van der Waals surface area contributed by atoms with Gasteiger partial charge in [0.15, 0.2) is 18.1 Å². The molecule has 1 N–H and O–H groups in total. The molecule has 0 aliphatic heterocycles. The van der Waals surface area contributed by atoms with Gasteiger partial charge in [-0.05, 0) is 36.4 Å². The number of carbonyl (C=O) groups is 1. The second-order valence-corrected chi connectivity index (χ2v) is 5.64. The Bertz CT molecular complexity index is 764. The van der Waals surface area contributed by atoms with Gasteiger partial charge in [0.2, 0.25) is 0 Å². The summed E-state index contributed by atoms with van der Waals surface area (Å²) in [4.78, 5) is 16.7. The number of anilines is 1. The lowest BCUT2D eigenvalue weighted by atomic mass is 10.2. The highest BCUT2D eigenvalue weighted by Gasteiger charge is 2.10. The van der Waals surface area contributed by atoms with Crippen LogP contribution >= 0.6 is 23.2 Å². The lowest BCUT2D eigenvalue weighted by Gasteiger charge is -2.09. The Morgan fingerprint density at radius 1 is 1.16 bits per heavy atom. The van der Waals surface area contributed by atoms with Gasteiger partial charge in [0.05, 0.1) is 25.5 Å². The van der Waals surface area contributed by atoms with Gasteiger partial charge in [-0.15, -0.1) is 0 Å². The zero-order valence-electron chi connectivity index (χ0n) is 13.6.